The van der Waals surface area contributed by atoms with Crippen molar-refractivity contribution in [3.05, 3.63) is 82.2 Å². The molecular formula is C22H19Cl2NO6. The van der Waals surface area contributed by atoms with E-state index in [9.17, 15) is 19.8 Å². The monoisotopic (exact) mass is 463 g/mol. The molecule has 0 aliphatic rings. The highest BCUT2D eigenvalue weighted by Crippen LogP contribution is 2.27. The number of carbonyl (C=O) groups excluding carboxylic acids is 1. The molecule has 0 aliphatic carbocycles. The zero-order chi connectivity index (χ0) is 22.5. The van der Waals surface area contributed by atoms with E-state index in [2.05, 4.69) is 5.32 Å². The highest BCUT2D eigenvalue weighted by atomic mass is 35.5. The van der Waals surface area contributed by atoms with Crippen molar-refractivity contribution >= 4 is 35.1 Å². The van der Waals surface area contributed by atoms with Crippen molar-refractivity contribution in [2.45, 2.75) is 24.7 Å². The standard InChI is InChI=1S/C22H19Cl2NO6/c23-15-9-14(10-16(24)11-15)13-5-3-12(4-6-13)8-17(19(26)20(27)22(29)30)25-21(28)18-2-1-7-31-18/h1-7,9-11,17,19-20,26-27H,8H2,(H,25,28)(H,29,30)/t17-,19-,20+/m0/s1. The lowest BCUT2D eigenvalue weighted by Gasteiger charge is -2.26. The second-order valence-electron chi connectivity index (χ2n) is 6.89. The first-order valence-corrected chi connectivity index (χ1v) is 9.99. The molecule has 7 nitrogen and oxygen atoms in total. The summed E-state index contributed by atoms with van der Waals surface area (Å²) >= 11 is 12.1. The molecule has 1 aromatic heterocycles. The van der Waals surface area contributed by atoms with E-state index in [1.165, 1.54) is 18.4 Å². The molecule has 0 aliphatic heterocycles. The van der Waals surface area contributed by atoms with E-state index in [-0.39, 0.29) is 12.2 Å². The normalized spacial score (nSPS) is 13.9. The molecule has 31 heavy (non-hydrogen) atoms. The van der Waals surface area contributed by atoms with Gasteiger partial charge in [-0.25, -0.2) is 4.79 Å². The number of hydrogen-bond acceptors (Lipinski definition) is 5. The molecule has 4 N–H and O–H groups in total. The molecule has 0 radical (unpaired) electrons. The van der Waals surface area contributed by atoms with Crippen molar-refractivity contribution in [3.63, 3.8) is 0 Å². The molecule has 0 saturated carbocycles. The van der Waals surface area contributed by atoms with Crippen LogP contribution in [0.4, 0.5) is 0 Å². The quantitative estimate of drug-likeness (QED) is 0.406. The van der Waals surface area contributed by atoms with Crippen molar-refractivity contribution in [3.8, 4) is 11.1 Å². The molecule has 0 fully saturated rings. The van der Waals surface area contributed by atoms with Crippen LogP contribution in [0.1, 0.15) is 16.1 Å². The third-order valence-corrected chi connectivity index (χ3v) is 5.09. The van der Waals surface area contributed by atoms with Crippen LogP contribution in [0.5, 0.6) is 0 Å². The third-order valence-electron chi connectivity index (χ3n) is 4.66. The Morgan fingerprint density at radius 3 is 2.16 bits per heavy atom. The van der Waals surface area contributed by atoms with Gasteiger partial charge in [0.1, 0.15) is 6.10 Å². The van der Waals surface area contributed by atoms with E-state index in [4.69, 9.17) is 32.7 Å². The molecule has 0 bridgehead atoms. The van der Waals surface area contributed by atoms with Gasteiger partial charge in [-0.05, 0) is 53.4 Å². The van der Waals surface area contributed by atoms with E-state index in [1.54, 1.807) is 30.3 Å². The molecule has 1 amide bonds. The van der Waals surface area contributed by atoms with E-state index in [1.807, 2.05) is 12.1 Å². The summed E-state index contributed by atoms with van der Waals surface area (Å²) in [5.41, 5.74) is 2.35. The first-order chi connectivity index (χ1) is 14.7. The van der Waals surface area contributed by atoms with E-state index in [0.29, 0.717) is 15.6 Å². The summed E-state index contributed by atoms with van der Waals surface area (Å²) in [6.45, 7) is 0. The third kappa shape index (κ3) is 5.86. The summed E-state index contributed by atoms with van der Waals surface area (Å²) in [7, 11) is 0. The van der Waals surface area contributed by atoms with Gasteiger partial charge in [0.2, 0.25) is 0 Å². The van der Waals surface area contributed by atoms with Gasteiger partial charge in [0.15, 0.2) is 11.9 Å². The molecule has 0 spiro atoms. The molecule has 3 rings (SSSR count). The van der Waals surface area contributed by atoms with Crippen molar-refractivity contribution in [2.75, 3.05) is 0 Å². The highest BCUT2D eigenvalue weighted by Gasteiger charge is 2.33. The first-order valence-electron chi connectivity index (χ1n) is 9.23. The number of carboxylic acid groups (broad SMARTS) is 1. The Kier molecular flexibility index (Phi) is 7.35. The van der Waals surface area contributed by atoms with Gasteiger partial charge in [-0.1, -0.05) is 47.5 Å². The molecule has 3 aromatic rings. The smallest absolute Gasteiger partial charge is 0.335 e. The van der Waals surface area contributed by atoms with Crippen LogP contribution in [0.3, 0.4) is 0 Å². The average Bonchev–Trinajstić information content (AvgIpc) is 3.27. The number of benzene rings is 2. The van der Waals surface area contributed by atoms with Gasteiger partial charge in [0.25, 0.3) is 5.91 Å². The minimum absolute atomic E-state index is 0.00445. The Labute approximate surface area is 187 Å². The van der Waals surface area contributed by atoms with Crippen LogP contribution >= 0.6 is 23.2 Å². The zero-order valence-corrected chi connectivity index (χ0v) is 17.5. The van der Waals surface area contributed by atoms with Gasteiger partial charge in [-0.2, -0.15) is 0 Å². The van der Waals surface area contributed by atoms with Crippen LogP contribution in [0.15, 0.2) is 65.3 Å². The van der Waals surface area contributed by atoms with Gasteiger partial charge in [0, 0.05) is 10.0 Å². The predicted molar refractivity (Wildman–Crippen MR) is 115 cm³/mol. The SMILES string of the molecule is O=C(N[C@@H](Cc1ccc(-c2cc(Cl)cc(Cl)c2)cc1)[C@H](O)[C@@H](O)C(=O)O)c1ccco1. The number of carbonyl (C=O) groups is 2. The molecule has 1 heterocycles. The fourth-order valence-electron chi connectivity index (χ4n) is 3.08. The van der Waals surface area contributed by atoms with Crippen LogP contribution in [-0.2, 0) is 11.2 Å². The minimum atomic E-state index is -2.07. The van der Waals surface area contributed by atoms with E-state index >= 15 is 0 Å². The molecule has 9 heteroatoms. The van der Waals surface area contributed by atoms with Crippen molar-refractivity contribution < 1.29 is 29.3 Å². The number of hydrogen-bond donors (Lipinski definition) is 4. The fourth-order valence-corrected chi connectivity index (χ4v) is 3.60. The number of nitrogens with one attached hydrogen (secondary N) is 1. The topological polar surface area (TPSA) is 120 Å². The van der Waals surface area contributed by atoms with Crippen LogP contribution in [0.25, 0.3) is 11.1 Å². The van der Waals surface area contributed by atoms with Crippen molar-refractivity contribution in [1.82, 2.24) is 5.32 Å². The second-order valence-corrected chi connectivity index (χ2v) is 7.76. The Morgan fingerprint density at radius 2 is 1.61 bits per heavy atom. The number of rotatable bonds is 8. The van der Waals surface area contributed by atoms with Gasteiger partial charge in [0.05, 0.1) is 12.3 Å². The summed E-state index contributed by atoms with van der Waals surface area (Å²) in [4.78, 5) is 23.4. The Morgan fingerprint density at radius 1 is 0.968 bits per heavy atom. The number of halogens is 2. The van der Waals surface area contributed by atoms with Gasteiger partial charge in [-0.3, -0.25) is 4.79 Å². The molecule has 162 valence electrons. The summed E-state index contributed by atoms with van der Waals surface area (Å²) in [5, 5.41) is 32.7. The summed E-state index contributed by atoms with van der Waals surface area (Å²) in [6, 6.07) is 14.2. The first kappa shape index (κ1) is 22.8. The van der Waals surface area contributed by atoms with Gasteiger partial charge in [-0.15, -0.1) is 0 Å². The van der Waals surface area contributed by atoms with Crippen molar-refractivity contribution in [2.24, 2.45) is 0 Å². The summed E-state index contributed by atoms with van der Waals surface area (Å²) in [5.74, 6) is -2.25. The van der Waals surface area contributed by atoms with Gasteiger partial charge >= 0.3 is 5.97 Å². The maximum absolute atomic E-state index is 12.3. The van der Waals surface area contributed by atoms with Crippen LogP contribution in [-0.4, -0.2) is 45.4 Å². The molecule has 0 unspecified atom stereocenters. The Bertz CT molecular complexity index is 1030. The maximum atomic E-state index is 12.3. The summed E-state index contributed by atoms with van der Waals surface area (Å²) in [6.07, 6.45) is -2.44. The lowest BCUT2D eigenvalue weighted by atomic mass is 9.96. The number of furan rings is 1. The highest BCUT2D eigenvalue weighted by molar-refractivity contribution is 6.35. The Hall–Kier alpha value is -2.84. The van der Waals surface area contributed by atoms with Crippen LogP contribution in [0, 0.1) is 0 Å². The van der Waals surface area contributed by atoms with Gasteiger partial charge < -0.3 is 25.1 Å². The number of aliphatic hydroxyl groups is 2. The molecule has 0 saturated heterocycles. The summed E-state index contributed by atoms with van der Waals surface area (Å²) < 4.78 is 5.02. The van der Waals surface area contributed by atoms with E-state index in [0.717, 1.165) is 11.1 Å². The maximum Gasteiger partial charge on any atom is 0.335 e. The fraction of sp³-hybridized carbons (Fsp3) is 0.182. The molecule has 2 aromatic carbocycles. The second kappa shape index (κ2) is 9.98. The lowest BCUT2D eigenvalue weighted by molar-refractivity contribution is -0.153. The minimum Gasteiger partial charge on any atom is -0.479 e. The molecule has 3 atom stereocenters. The number of carboxylic acids is 1. The lowest BCUT2D eigenvalue weighted by Crippen LogP contribution is -2.52. The van der Waals surface area contributed by atoms with Crippen LogP contribution in [0.2, 0.25) is 10.0 Å². The van der Waals surface area contributed by atoms with Crippen LogP contribution < -0.4 is 5.32 Å². The number of aliphatic carboxylic acids is 1. The Balaban J connectivity index is 1.81. The average molecular weight is 464 g/mol. The number of amides is 1. The zero-order valence-electron chi connectivity index (χ0n) is 16.0. The molecular weight excluding hydrogens is 445 g/mol. The van der Waals surface area contributed by atoms with Crippen molar-refractivity contribution in [1.29, 1.82) is 0 Å². The predicted octanol–water partition coefficient (Wildman–Crippen LogP) is 3.40. The largest absolute Gasteiger partial charge is 0.479 e. The van der Waals surface area contributed by atoms with E-state index < -0.39 is 30.1 Å². The number of aliphatic hydroxyl groups excluding tert-OH is 2.